The van der Waals surface area contributed by atoms with Crippen molar-refractivity contribution in [3.05, 3.63) is 27.7 Å². The van der Waals surface area contributed by atoms with E-state index in [0.29, 0.717) is 15.2 Å². The van der Waals surface area contributed by atoms with Gasteiger partial charge in [-0.15, -0.1) is 0 Å². The molecule has 0 radical (unpaired) electrons. The van der Waals surface area contributed by atoms with Gasteiger partial charge in [0.1, 0.15) is 6.54 Å². The minimum absolute atomic E-state index is 0.126. The molecule has 0 fully saturated rings. The van der Waals surface area contributed by atoms with Crippen molar-refractivity contribution >= 4 is 39.2 Å². The molecule has 1 aromatic carbocycles. The predicted octanol–water partition coefficient (Wildman–Crippen LogP) is 2.60. The van der Waals surface area contributed by atoms with Crippen LogP contribution in [-0.2, 0) is 4.79 Å². The number of carboxylic acid groups (broad SMARTS) is 1. The number of nitrogens with one attached hydrogen (secondary N) is 1. The van der Waals surface area contributed by atoms with E-state index in [1.165, 1.54) is 0 Å². The Morgan fingerprint density at radius 1 is 1.62 bits per heavy atom. The molecule has 0 spiro atoms. The molecule has 0 bridgehead atoms. The highest BCUT2D eigenvalue weighted by Crippen LogP contribution is 2.29. The van der Waals surface area contributed by atoms with Crippen molar-refractivity contribution in [1.82, 2.24) is 0 Å². The Balaban J connectivity index is 2.77. The lowest BCUT2D eigenvalue weighted by molar-refractivity contribution is -0.134. The standard InChI is InChI=1S/C8H7BrClNO2/c9-8-5(10)2-1-3-6(8)11-4-7(12)13/h1-3,11H,4H2,(H,12,13). The second-order valence-electron chi connectivity index (χ2n) is 2.35. The first-order chi connectivity index (χ1) is 6.11. The zero-order valence-electron chi connectivity index (χ0n) is 6.55. The molecule has 13 heavy (non-hydrogen) atoms. The molecule has 5 heteroatoms. The van der Waals surface area contributed by atoms with E-state index in [1.54, 1.807) is 18.2 Å². The van der Waals surface area contributed by atoms with Crippen molar-refractivity contribution in [1.29, 1.82) is 0 Å². The highest BCUT2D eigenvalue weighted by molar-refractivity contribution is 9.10. The summed E-state index contributed by atoms with van der Waals surface area (Å²) in [7, 11) is 0. The first-order valence-corrected chi connectivity index (χ1v) is 4.68. The first-order valence-electron chi connectivity index (χ1n) is 3.51. The van der Waals surface area contributed by atoms with Gasteiger partial charge in [-0.1, -0.05) is 17.7 Å². The molecular formula is C8H7BrClNO2. The molecule has 3 nitrogen and oxygen atoms in total. The third kappa shape index (κ3) is 2.90. The van der Waals surface area contributed by atoms with Crippen LogP contribution < -0.4 is 5.32 Å². The lowest BCUT2D eigenvalue weighted by Crippen LogP contribution is -2.12. The Hall–Kier alpha value is -0.740. The normalized spacial score (nSPS) is 9.69. The number of hydrogen-bond acceptors (Lipinski definition) is 2. The van der Waals surface area contributed by atoms with Gasteiger partial charge in [0.25, 0.3) is 0 Å². The summed E-state index contributed by atoms with van der Waals surface area (Å²) in [5.41, 5.74) is 0.676. The van der Waals surface area contributed by atoms with Crippen LogP contribution in [0.3, 0.4) is 0 Å². The fourth-order valence-corrected chi connectivity index (χ4v) is 1.39. The van der Waals surface area contributed by atoms with Crippen LogP contribution in [0, 0.1) is 0 Å². The van der Waals surface area contributed by atoms with Crippen LogP contribution in [0.25, 0.3) is 0 Å². The number of anilines is 1. The molecule has 2 N–H and O–H groups in total. The van der Waals surface area contributed by atoms with Gasteiger partial charge in [0, 0.05) is 0 Å². The molecule has 0 unspecified atom stereocenters. The smallest absolute Gasteiger partial charge is 0.322 e. The van der Waals surface area contributed by atoms with E-state index in [1.807, 2.05) is 0 Å². The highest BCUT2D eigenvalue weighted by Gasteiger charge is 2.03. The van der Waals surface area contributed by atoms with Crippen LogP contribution >= 0.6 is 27.5 Å². The Morgan fingerprint density at radius 2 is 2.31 bits per heavy atom. The van der Waals surface area contributed by atoms with Gasteiger partial charge in [0.2, 0.25) is 0 Å². The average molecular weight is 265 g/mol. The lowest BCUT2D eigenvalue weighted by Gasteiger charge is -2.06. The third-order valence-electron chi connectivity index (χ3n) is 1.38. The summed E-state index contributed by atoms with van der Waals surface area (Å²) in [6.45, 7) is -0.126. The summed E-state index contributed by atoms with van der Waals surface area (Å²) in [6, 6.07) is 5.22. The molecule has 1 aromatic rings. The van der Waals surface area contributed by atoms with Crippen molar-refractivity contribution in [3.63, 3.8) is 0 Å². The van der Waals surface area contributed by atoms with E-state index >= 15 is 0 Å². The second-order valence-corrected chi connectivity index (χ2v) is 3.55. The molecule has 0 saturated heterocycles. The Morgan fingerprint density at radius 3 is 2.92 bits per heavy atom. The van der Waals surface area contributed by atoms with E-state index in [0.717, 1.165) is 0 Å². The van der Waals surface area contributed by atoms with E-state index in [-0.39, 0.29) is 6.54 Å². The summed E-state index contributed by atoms with van der Waals surface area (Å²) < 4.78 is 0.679. The van der Waals surface area contributed by atoms with Crippen molar-refractivity contribution < 1.29 is 9.90 Å². The molecule has 0 aromatic heterocycles. The number of benzene rings is 1. The molecular weight excluding hydrogens is 257 g/mol. The van der Waals surface area contributed by atoms with Crippen molar-refractivity contribution in [3.8, 4) is 0 Å². The second kappa shape index (κ2) is 4.48. The summed E-state index contributed by atoms with van der Waals surface area (Å²) in [5, 5.41) is 11.7. The van der Waals surface area contributed by atoms with Crippen LogP contribution in [0.15, 0.2) is 22.7 Å². The molecule has 0 atom stereocenters. The van der Waals surface area contributed by atoms with Crippen molar-refractivity contribution in [2.75, 3.05) is 11.9 Å². The van der Waals surface area contributed by atoms with E-state index in [9.17, 15) is 4.79 Å². The van der Waals surface area contributed by atoms with Gasteiger partial charge >= 0.3 is 5.97 Å². The zero-order chi connectivity index (χ0) is 9.84. The Kier molecular flexibility index (Phi) is 3.57. The Labute approximate surface area is 88.8 Å². The predicted molar refractivity (Wildman–Crippen MR) is 55.3 cm³/mol. The summed E-state index contributed by atoms with van der Waals surface area (Å²) >= 11 is 9.04. The van der Waals surface area contributed by atoms with Gasteiger partial charge in [-0.05, 0) is 28.1 Å². The first kappa shape index (κ1) is 10.3. The van der Waals surface area contributed by atoms with Crippen LogP contribution in [0.5, 0.6) is 0 Å². The maximum Gasteiger partial charge on any atom is 0.322 e. The van der Waals surface area contributed by atoms with E-state index < -0.39 is 5.97 Å². The number of aliphatic carboxylic acids is 1. The van der Waals surface area contributed by atoms with E-state index in [2.05, 4.69) is 21.2 Å². The number of rotatable bonds is 3. The molecule has 0 aliphatic heterocycles. The van der Waals surface area contributed by atoms with Crippen molar-refractivity contribution in [2.45, 2.75) is 0 Å². The van der Waals surface area contributed by atoms with E-state index in [4.69, 9.17) is 16.7 Å². The van der Waals surface area contributed by atoms with Gasteiger partial charge in [0.15, 0.2) is 0 Å². The molecule has 0 aliphatic carbocycles. The third-order valence-corrected chi connectivity index (χ3v) is 2.78. The maximum absolute atomic E-state index is 10.3. The van der Waals surface area contributed by atoms with Gasteiger partial charge < -0.3 is 10.4 Å². The quantitative estimate of drug-likeness (QED) is 0.882. The Bertz CT molecular complexity index is 330. The number of carbonyl (C=O) groups is 1. The molecule has 70 valence electrons. The molecule has 0 aliphatic rings. The summed E-state index contributed by atoms with van der Waals surface area (Å²) in [5.74, 6) is -0.910. The number of hydrogen-bond donors (Lipinski definition) is 2. The van der Waals surface area contributed by atoms with Gasteiger partial charge in [-0.3, -0.25) is 4.79 Å². The summed E-state index contributed by atoms with van der Waals surface area (Å²) in [4.78, 5) is 10.3. The minimum atomic E-state index is -0.910. The highest BCUT2D eigenvalue weighted by atomic mass is 79.9. The summed E-state index contributed by atoms with van der Waals surface area (Å²) in [6.07, 6.45) is 0. The number of halogens is 2. The van der Waals surface area contributed by atoms with Crippen LogP contribution in [0.4, 0.5) is 5.69 Å². The van der Waals surface area contributed by atoms with Crippen LogP contribution in [-0.4, -0.2) is 17.6 Å². The molecule has 0 heterocycles. The maximum atomic E-state index is 10.3. The largest absolute Gasteiger partial charge is 0.480 e. The lowest BCUT2D eigenvalue weighted by atomic mass is 10.3. The number of carboxylic acids is 1. The van der Waals surface area contributed by atoms with Gasteiger partial charge in [-0.2, -0.15) is 0 Å². The monoisotopic (exact) mass is 263 g/mol. The van der Waals surface area contributed by atoms with Crippen LogP contribution in [0.2, 0.25) is 5.02 Å². The van der Waals surface area contributed by atoms with Gasteiger partial charge in [0.05, 0.1) is 15.2 Å². The molecule has 0 amide bonds. The SMILES string of the molecule is O=C(O)CNc1cccc(Cl)c1Br. The fraction of sp³-hybridized carbons (Fsp3) is 0.125. The average Bonchev–Trinajstić information content (AvgIpc) is 2.07. The van der Waals surface area contributed by atoms with Gasteiger partial charge in [-0.25, -0.2) is 0 Å². The van der Waals surface area contributed by atoms with Crippen molar-refractivity contribution in [2.24, 2.45) is 0 Å². The zero-order valence-corrected chi connectivity index (χ0v) is 8.89. The fourth-order valence-electron chi connectivity index (χ4n) is 0.811. The minimum Gasteiger partial charge on any atom is -0.480 e. The molecule has 1 rings (SSSR count). The topological polar surface area (TPSA) is 49.3 Å². The molecule has 0 saturated carbocycles. The van der Waals surface area contributed by atoms with Crippen LogP contribution in [0.1, 0.15) is 0 Å².